The molecule has 0 radical (unpaired) electrons. The lowest BCUT2D eigenvalue weighted by Crippen LogP contribution is -2.00. The van der Waals surface area contributed by atoms with Crippen molar-refractivity contribution in [3.63, 3.8) is 0 Å². The van der Waals surface area contributed by atoms with E-state index in [1.165, 1.54) is 16.2 Å². The molecular weight excluding hydrogens is 528 g/mol. The molecule has 0 saturated carbocycles. The molecule has 6 aromatic carbocycles. The van der Waals surface area contributed by atoms with E-state index in [1.54, 1.807) is 6.20 Å². The third kappa shape index (κ3) is 3.86. The zero-order valence-corrected chi connectivity index (χ0v) is 22.9. The minimum Gasteiger partial charge on any atom is -0.455 e. The van der Waals surface area contributed by atoms with E-state index in [-0.39, 0.29) is 0 Å². The van der Waals surface area contributed by atoms with Crippen LogP contribution in [0.25, 0.3) is 88.4 Å². The number of aromatic nitrogens is 4. The van der Waals surface area contributed by atoms with E-state index in [9.17, 15) is 0 Å². The second-order valence-corrected chi connectivity index (χ2v) is 10.7. The zero-order chi connectivity index (χ0) is 28.3. The lowest BCUT2D eigenvalue weighted by atomic mass is 10.00. The van der Waals surface area contributed by atoms with Crippen molar-refractivity contribution in [3.05, 3.63) is 134 Å². The Morgan fingerprint density at radius 3 is 1.84 bits per heavy atom. The van der Waals surface area contributed by atoms with E-state index < -0.39 is 0 Å². The maximum atomic E-state index is 6.25. The van der Waals surface area contributed by atoms with Crippen molar-refractivity contribution in [2.24, 2.45) is 0 Å². The zero-order valence-electron chi connectivity index (χ0n) is 22.9. The summed E-state index contributed by atoms with van der Waals surface area (Å²) in [4.78, 5) is 19.2. The van der Waals surface area contributed by atoms with Gasteiger partial charge in [0.15, 0.2) is 17.5 Å². The molecule has 0 spiro atoms. The number of furan rings is 1. The van der Waals surface area contributed by atoms with Crippen molar-refractivity contribution in [3.8, 4) is 34.2 Å². The molecule has 5 nitrogen and oxygen atoms in total. The lowest BCUT2D eigenvalue weighted by molar-refractivity contribution is 0.672. The second-order valence-electron chi connectivity index (χ2n) is 10.7. The number of nitrogens with zero attached hydrogens (tertiary/aromatic N) is 4. The average Bonchev–Trinajstić information content (AvgIpc) is 3.47. The number of fused-ring (bicyclic) bond motifs is 8. The molecule has 0 bridgehead atoms. The van der Waals surface area contributed by atoms with Gasteiger partial charge in [-0.1, -0.05) is 91.0 Å². The van der Waals surface area contributed by atoms with Crippen molar-refractivity contribution in [2.75, 3.05) is 0 Å². The molecule has 9 aromatic rings. The Kier molecular flexibility index (Phi) is 5.13. The predicted molar refractivity (Wildman–Crippen MR) is 174 cm³/mol. The quantitative estimate of drug-likeness (QED) is 0.205. The highest BCUT2D eigenvalue weighted by Gasteiger charge is 2.15. The average molecular weight is 551 g/mol. The van der Waals surface area contributed by atoms with E-state index in [0.717, 1.165) is 54.8 Å². The van der Waals surface area contributed by atoms with Crippen LogP contribution in [0.2, 0.25) is 0 Å². The lowest BCUT2D eigenvalue weighted by Gasteiger charge is -2.10. The first-order chi connectivity index (χ1) is 21.3. The van der Waals surface area contributed by atoms with Gasteiger partial charge in [-0.2, -0.15) is 0 Å². The first-order valence-corrected chi connectivity index (χ1v) is 14.2. The van der Waals surface area contributed by atoms with Crippen LogP contribution in [0.4, 0.5) is 0 Å². The SMILES string of the molecule is c1ccc(-c2nc(-c3ccc4c(ccc5ccccc54)c3)nc(-c3ccc4c(ccc5c6cnccc6oc45)c3)n2)cc1. The summed E-state index contributed by atoms with van der Waals surface area (Å²) in [6, 6.07) is 41.7. The third-order valence-corrected chi connectivity index (χ3v) is 8.18. The number of hydrogen-bond acceptors (Lipinski definition) is 5. The molecule has 3 heterocycles. The van der Waals surface area contributed by atoms with Gasteiger partial charge in [-0.15, -0.1) is 0 Å². The van der Waals surface area contributed by atoms with Gasteiger partial charge < -0.3 is 4.42 Å². The maximum Gasteiger partial charge on any atom is 0.164 e. The molecule has 200 valence electrons. The fraction of sp³-hybridized carbons (Fsp3) is 0. The minimum absolute atomic E-state index is 0.623. The summed E-state index contributed by atoms with van der Waals surface area (Å²) in [5, 5.41) is 8.98. The normalized spacial score (nSPS) is 11.7. The molecular formula is C38H22N4O. The van der Waals surface area contributed by atoms with E-state index in [2.05, 4.69) is 89.9 Å². The molecule has 0 unspecified atom stereocenters. The number of pyridine rings is 1. The molecule has 0 amide bonds. The molecule has 0 N–H and O–H groups in total. The Balaban J connectivity index is 1.22. The van der Waals surface area contributed by atoms with E-state index in [1.807, 2.05) is 42.6 Å². The molecule has 0 aliphatic heterocycles. The van der Waals surface area contributed by atoms with Crippen molar-refractivity contribution < 1.29 is 4.42 Å². The number of benzene rings is 6. The molecule has 0 aliphatic rings. The van der Waals surface area contributed by atoms with E-state index >= 15 is 0 Å². The molecule has 0 atom stereocenters. The van der Waals surface area contributed by atoms with Crippen LogP contribution in [0, 0.1) is 0 Å². The number of hydrogen-bond donors (Lipinski definition) is 0. The van der Waals surface area contributed by atoms with E-state index in [4.69, 9.17) is 19.4 Å². The van der Waals surface area contributed by atoms with Gasteiger partial charge in [0.1, 0.15) is 11.2 Å². The van der Waals surface area contributed by atoms with Crippen LogP contribution in [0.3, 0.4) is 0 Å². The van der Waals surface area contributed by atoms with Crippen molar-refractivity contribution in [1.29, 1.82) is 0 Å². The van der Waals surface area contributed by atoms with E-state index in [0.29, 0.717) is 17.5 Å². The summed E-state index contributed by atoms with van der Waals surface area (Å²) >= 11 is 0. The highest BCUT2D eigenvalue weighted by molar-refractivity contribution is 6.15. The van der Waals surface area contributed by atoms with Gasteiger partial charge in [-0.05, 0) is 57.3 Å². The first kappa shape index (κ1) is 23.7. The van der Waals surface area contributed by atoms with Crippen LogP contribution < -0.4 is 0 Å². The van der Waals surface area contributed by atoms with Crippen molar-refractivity contribution in [1.82, 2.24) is 19.9 Å². The second kappa shape index (κ2) is 9.29. The van der Waals surface area contributed by atoms with Crippen LogP contribution in [0.15, 0.2) is 138 Å². The summed E-state index contributed by atoms with van der Waals surface area (Å²) in [6.07, 6.45) is 3.61. The van der Waals surface area contributed by atoms with Crippen LogP contribution in [0.5, 0.6) is 0 Å². The minimum atomic E-state index is 0.623. The van der Waals surface area contributed by atoms with Gasteiger partial charge >= 0.3 is 0 Å². The topological polar surface area (TPSA) is 64.7 Å². The van der Waals surface area contributed by atoms with Gasteiger partial charge in [-0.3, -0.25) is 4.98 Å². The molecule has 5 heteroatoms. The Bertz CT molecular complexity index is 2520. The predicted octanol–water partition coefficient (Wildman–Crippen LogP) is 9.63. The van der Waals surface area contributed by atoms with Gasteiger partial charge in [0.25, 0.3) is 0 Å². The first-order valence-electron chi connectivity index (χ1n) is 14.2. The summed E-state index contributed by atoms with van der Waals surface area (Å²) in [5.74, 6) is 1.90. The van der Waals surface area contributed by atoms with Gasteiger partial charge in [0.2, 0.25) is 0 Å². The highest BCUT2D eigenvalue weighted by atomic mass is 16.3. The fourth-order valence-electron chi connectivity index (χ4n) is 6.05. The molecule has 0 fully saturated rings. The van der Waals surface area contributed by atoms with Gasteiger partial charge in [0.05, 0.1) is 0 Å². The fourth-order valence-corrected chi connectivity index (χ4v) is 6.05. The van der Waals surface area contributed by atoms with Crippen molar-refractivity contribution in [2.45, 2.75) is 0 Å². The molecule has 0 aliphatic carbocycles. The standard InChI is InChI=1S/C38H22N4O/c1-2-7-24(8-3-1)36-40-37(27-13-15-30-25(20-27)11-10-23-6-4-5-9-29(23)30)42-38(41-36)28-14-16-31-26(21-28)12-17-32-33-22-39-19-18-34(33)43-35(31)32/h1-22H. The van der Waals surface area contributed by atoms with Crippen LogP contribution in [0.1, 0.15) is 0 Å². The van der Waals surface area contributed by atoms with Gasteiger partial charge in [0, 0.05) is 45.2 Å². The molecule has 43 heavy (non-hydrogen) atoms. The summed E-state index contributed by atoms with van der Waals surface area (Å²) in [6.45, 7) is 0. The van der Waals surface area contributed by atoms with Crippen molar-refractivity contribution >= 4 is 54.3 Å². The summed E-state index contributed by atoms with van der Waals surface area (Å²) in [7, 11) is 0. The summed E-state index contributed by atoms with van der Waals surface area (Å²) in [5.41, 5.74) is 4.49. The Labute approximate surface area is 246 Å². The Morgan fingerprint density at radius 2 is 1.02 bits per heavy atom. The molecule has 3 aromatic heterocycles. The number of rotatable bonds is 3. The summed E-state index contributed by atoms with van der Waals surface area (Å²) < 4.78 is 6.25. The highest BCUT2D eigenvalue weighted by Crippen LogP contribution is 2.36. The van der Waals surface area contributed by atoms with Crippen LogP contribution in [-0.2, 0) is 0 Å². The van der Waals surface area contributed by atoms with Crippen LogP contribution in [-0.4, -0.2) is 19.9 Å². The van der Waals surface area contributed by atoms with Crippen LogP contribution >= 0.6 is 0 Å². The smallest absolute Gasteiger partial charge is 0.164 e. The monoisotopic (exact) mass is 550 g/mol. The molecule has 0 saturated heterocycles. The largest absolute Gasteiger partial charge is 0.455 e. The maximum absolute atomic E-state index is 6.25. The van der Waals surface area contributed by atoms with Gasteiger partial charge in [-0.25, -0.2) is 15.0 Å². The Morgan fingerprint density at radius 1 is 0.419 bits per heavy atom. The Hall–Kier alpha value is -5.94. The molecule has 9 rings (SSSR count). The third-order valence-electron chi connectivity index (χ3n) is 8.18.